The molecule has 3 aromatic rings. The summed E-state index contributed by atoms with van der Waals surface area (Å²) >= 11 is 2.79. The Labute approximate surface area is 129 Å². The van der Waals surface area contributed by atoms with Gasteiger partial charge in [-0.15, -0.1) is 11.3 Å². The van der Waals surface area contributed by atoms with Crippen LogP contribution in [0.3, 0.4) is 0 Å². The summed E-state index contributed by atoms with van der Waals surface area (Å²) in [5.41, 5.74) is 5.80. The molecule has 2 heterocycles. The minimum atomic E-state index is -0.844. The fraction of sp³-hybridized carbons (Fsp3) is 0.214. The first kappa shape index (κ1) is 14.1. The maximum absolute atomic E-state index is 10.8. The summed E-state index contributed by atoms with van der Waals surface area (Å²) in [5, 5.41) is 11.6. The Kier molecular flexibility index (Phi) is 3.94. The van der Waals surface area contributed by atoms with Gasteiger partial charge in [0.15, 0.2) is 5.16 Å². The number of aromatic nitrogens is 3. The van der Waals surface area contributed by atoms with E-state index in [9.17, 15) is 4.79 Å². The zero-order valence-corrected chi connectivity index (χ0v) is 12.9. The van der Waals surface area contributed by atoms with Gasteiger partial charge in [0, 0.05) is 5.38 Å². The van der Waals surface area contributed by atoms with E-state index in [1.54, 1.807) is 16.8 Å². The fourth-order valence-electron chi connectivity index (χ4n) is 2.20. The molecule has 0 aliphatic carbocycles. The van der Waals surface area contributed by atoms with Crippen LogP contribution in [0, 0.1) is 6.92 Å². The molecule has 0 spiro atoms. The normalized spacial score (nSPS) is 11.1. The van der Waals surface area contributed by atoms with Crippen LogP contribution in [0.5, 0.6) is 0 Å². The SMILES string of the molecule is Cc1cccc2nc(SCC(=O)O)n(Cc3cscn3)c12. The molecule has 3 rings (SSSR count). The Balaban J connectivity index is 2.07. The smallest absolute Gasteiger partial charge is 0.313 e. The molecule has 0 atom stereocenters. The lowest BCUT2D eigenvalue weighted by Gasteiger charge is -2.08. The molecule has 0 radical (unpaired) electrons. The minimum absolute atomic E-state index is 0.000561. The molecular weight excluding hydrogens is 306 g/mol. The molecule has 0 fully saturated rings. The summed E-state index contributed by atoms with van der Waals surface area (Å²) in [6.45, 7) is 2.64. The Morgan fingerprint density at radius 3 is 3.05 bits per heavy atom. The number of thioether (sulfide) groups is 1. The molecule has 1 N–H and O–H groups in total. The van der Waals surface area contributed by atoms with Crippen LogP contribution in [0.25, 0.3) is 11.0 Å². The summed E-state index contributed by atoms with van der Waals surface area (Å²) in [6.07, 6.45) is 0. The Morgan fingerprint density at radius 2 is 2.33 bits per heavy atom. The maximum Gasteiger partial charge on any atom is 0.313 e. The quantitative estimate of drug-likeness (QED) is 0.732. The number of hydrogen-bond donors (Lipinski definition) is 1. The van der Waals surface area contributed by atoms with Gasteiger partial charge in [0.1, 0.15) is 0 Å². The van der Waals surface area contributed by atoms with Crippen molar-refractivity contribution in [2.75, 3.05) is 5.75 Å². The number of aliphatic carboxylic acids is 1. The molecular formula is C14H13N3O2S2. The average molecular weight is 319 g/mol. The number of nitrogens with zero attached hydrogens (tertiary/aromatic N) is 3. The van der Waals surface area contributed by atoms with E-state index in [-0.39, 0.29) is 5.75 Å². The lowest BCUT2D eigenvalue weighted by atomic mass is 10.2. The van der Waals surface area contributed by atoms with Gasteiger partial charge in [-0.3, -0.25) is 4.79 Å². The summed E-state index contributed by atoms with van der Waals surface area (Å²) in [4.78, 5) is 19.7. The van der Waals surface area contributed by atoms with E-state index < -0.39 is 5.97 Å². The number of para-hydroxylation sites is 1. The lowest BCUT2D eigenvalue weighted by molar-refractivity contribution is -0.133. The third kappa shape index (κ3) is 2.93. The molecule has 0 saturated carbocycles. The Bertz CT molecular complexity index is 781. The van der Waals surface area contributed by atoms with Crippen molar-refractivity contribution in [2.24, 2.45) is 0 Å². The van der Waals surface area contributed by atoms with Crippen molar-refractivity contribution in [1.82, 2.24) is 14.5 Å². The molecule has 0 amide bonds. The third-order valence-electron chi connectivity index (χ3n) is 3.06. The molecule has 0 aliphatic heterocycles. The molecule has 0 bridgehead atoms. The van der Waals surface area contributed by atoms with E-state index in [0.717, 1.165) is 27.4 Å². The molecule has 0 aliphatic rings. The fourth-order valence-corrected chi connectivity index (χ4v) is 3.48. The number of benzene rings is 1. The zero-order chi connectivity index (χ0) is 14.8. The predicted molar refractivity (Wildman–Crippen MR) is 84.0 cm³/mol. The Hall–Kier alpha value is -1.86. The minimum Gasteiger partial charge on any atom is -0.481 e. The van der Waals surface area contributed by atoms with Gasteiger partial charge < -0.3 is 9.67 Å². The topological polar surface area (TPSA) is 68.0 Å². The van der Waals surface area contributed by atoms with Crippen LogP contribution in [0.15, 0.2) is 34.2 Å². The number of carboxylic acid groups (broad SMARTS) is 1. The molecule has 0 saturated heterocycles. The second-order valence-electron chi connectivity index (χ2n) is 4.59. The number of hydrogen-bond acceptors (Lipinski definition) is 5. The highest BCUT2D eigenvalue weighted by atomic mass is 32.2. The first-order chi connectivity index (χ1) is 10.1. The molecule has 108 valence electrons. The van der Waals surface area contributed by atoms with E-state index in [4.69, 9.17) is 5.11 Å². The summed E-state index contributed by atoms with van der Waals surface area (Å²) in [5.74, 6) is -0.844. The van der Waals surface area contributed by atoms with Crippen LogP contribution in [-0.2, 0) is 11.3 Å². The largest absolute Gasteiger partial charge is 0.481 e. The van der Waals surface area contributed by atoms with Crippen LogP contribution in [-0.4, -0.2) is 31.4 Å². The number of carboxylic acids is 1. The van der Waals surface area contributed by atoms with E-state index in [1.165, 1.54) is 11.8 Å². The highest BCUT2D eigenvalue weighted by Crippen LogP contribution is 2.27. The second kappa shape index (κ2) is 5.87. The molecule has 21 heavy (non-hydrogen) atoms. The highest BCUT2D eigenvalue weighted by molar-refractivity contribution is 7.99. The maximum atomic E-state index is 10.8. The van der Waals surface area contributed by atoms with Gasteiger partial charge in [-0.2, -0.15) is 0 Å². The molecule has 1 aromatic carbocycles. The number of thiazole rings is 1. The van der Waals surface area contributed by atoms with Crippen molar-refractivity contribution in [3.8, 4) is 0 Å². The van der Waals surface area contributed by atoms with Crippen molar-refractivity contribution in [3.63, 3.8) is 0 Å². The van der Waals surface area contributed by atoms with Gasteiger partial charge in [-0.25, -0.2) is 9.97 Å². The monoisotopic (exact) mass is 319 g/mol. The van der Waals surface area contributed by atoms with Gasteiger partial charge in [-0.1, -0.05) is 23.9 Å². The number of fused-ring (bicyclic) bond motifs is 1. The van der Waals surface area contributed by atoms with Gasteiger partial charge in [-0.05, 0) is 18.6 Å². The van der Waals surface area contributed by atoms with Crippen LogP contribution >= 0.6 is 23.1 Å². The Morgan fingerprint density at radius 1 is 1.48 bits per heavy atom. The van der Waals surface area contributed by atoms with Gasteiger partial charge in [0.2, 0.25) is 0 Å². The average Bonchev–Trinajstić information content (AvgIpc) is 3.06. The molecule has 5 nitrogen and oxygen atoms in total. The summed E-state index contributed by atoms with van der Waals surface area (Å²) in [7, 11) is 0. The van der Waals surface area contributed by atoms with Crippen LogP contribution in [0.1, 0.15) is 11.3 Å². The number of aryl methyl sites for hydroxylation is 1. The zero-order valence-electron chi connectivity index (χ0n) is 11.3. The third-order valence-corrected chi connectivity index (χ3v) is 4.66. The standard InChI is InChI=1S/C14H13N3O2S2/c1-9-3-2-4-11-13(9)17(5-10-6-20-8-15-10)14(16-11)21-7-12(18)19/h2-4,6,8H,5,7H2,1H3,(H,18,19). The molecule has 7 heteroatoms. The van der Waals surface area contributed by atoms with Crippen LogP contribution in [0.4, 0.5) is 0 Å². The summed E-state index contributed by atoms with van der Waals surface area (Å²) in [6, 6.07) is 5.95. The first-order valence-electron chi connectivity index (χ1n) is 6.32. The van der Waals surface area contributed by atoms with Crippen LogP contribution in [0.2, 0.25) is 0 Å². The first-order valence-corrected chi connectivity index (χ1v) is 8.25. The van der Waals surface area contributed by atoms with E-state index >= 15 is 0 Å². The second-order valence-corrected chi connectivity index (χ2v) is 6.25. The molecule has 2 aromatic heterocycles. The van der Waals surface area contributed by atoms with Crippen molar-refractivity contribution >= 4 is 40.1 Å². The van der Waals surface area contributed by atoms with Crippen molar-refractivity contribution in [2.45, 2.75) is 18.6 Å². The summed E-state index contributed by atoms with van der Waals surface area (Å²) < 4.78 is 2.05. The van der Waals surface area contributed by atoms with Crippen molar-refractivity contribution < 1.29 is 9.90 Å². The van der Waals surface area contributed by atoms with E-state index in [1.807, 2.05) is 35.1 Å². The highest BCUT2D eigenvalue weighted by Gasteiger charge is 2.15. The van der Waals surface area contributed by atoms with Gasteiger partial charge in [0.05, 0.1) is 34.5 Å². The number of imidazole rings is 1. The van der Waals surface area contributed by atoms with E-state index in [0.29, 0.717) is 6.54 Å². The van der Waals surface area contributed by atoms with E-state index in [2.05, 4.69) is 9.97 Å². The number of rotatable bonds is 5. The van der Waals surface area contributed by atoms with Crippen molar-refractivity contribution in [3.05, 3.63) is 40.3 Å². The van der Waals surface area contributed by atoms with Crippen molar-refractivity contribution in [1.29, 1.82) is 0 Å². The number of carbonyl (C=O) groups is 1. The van der Waals surface area contributed by atoms with Gasteiger partial charge in [0.25, 0.3) is 0 Å². The molecule has 0 unspecified atom stereocenters. The lowest BCUT2D eigenvalue weighted by Crippen LogP contribution is -2.05. The predicted octanol–water partition coefficient (Wildman–Crippen LogP) is 3.03. The van der Waals surface area contributed by atoms with Gasteiger partial charge >= 0.3 is 5.97 Å². The van der Waals surface area contributed by atoms with Crippen LogP contribution < -0.4 is 0 Å².